The zero-order chi connectivity index (χ0) is 10.4. The number of hydrogen-bond acceptors (Lipinski definition) is 3. The van der Waals surface area contributed by atoms with E-state index in [1.807, 2.05) is 19.3 Å². The van der Waals surface area contributed by atoms with Gasteiger partial charge in [0.1, 0.15) is 0 Å². The van der Waals surface area contributed by atoms with Crippen LogP contribution >= 0.6 is 0 Å². The van der Waals surface area contributed by atoms with Crippen LogP contribution in [-0.2, 0) is 11.3 Å². The number of aromatic nitrogens is 2. The summed E-state index contributed by atoms with van der Waals surface area (Å²) in [5.74, 6) is 0.927. The first kappa shape index (κ1) is 11.0. The average Bonchev–Trinajstić information content (AvgIpc) is 2.62. The molecule has 1 unspecified atom stereocenters. The molecule has 0 saturated heterocycles. The molecule has 1 heterocycles. The number of hydrogen-bond donors (Lipinski definition) is 1. The smallest absolute Gasteiger partial charge is 0.202 e. The first-order valence-electron chi connectivity index (χ1n) is 5.05. The Morgan fingerprint density at radius 3 is 3.07 bits per heavy atom. The lowest BCUT2D eigenvalue weighted by molar-refractivity contribution is 0.128. The summed E-state index contributed by atoms with van der Waals surface area (Å²) in [7, 11) is 1.71. The van der Waals surface area contributed by atoms with Gasteiger partial charge in [0.15, 0.2) is 0 Å². The van der Waals surface area contributed by atoms with E-state index in [-0.39, 0.29) is 6.10 Å². The van der Waals surface area contributed by atoms with E-state index in [2.05, 4.69) is 21.8 Å². The lowest BCUT2D eigenvalue weighted by atomic mass is 10.4. The third kappa shape index (κ3) is 3.03. The zero-order valence-electron chi connectivity index (χ0n) is 9.16. The average molecular weight is 197 g/mol. The van der Waals surface area contributed by atoms with Crippen LogP contribution in [0, 0.1) is 0 Å². The third-order valence-electron chi connectivity index (χ3n) is 2.13. The summed E-state index contributed by atoms with van der Waals surface area (Å²) < 4.78 is 7.26. The number of ether oxygens (including phenoxy) is 1. The van der Waals surface area contributed by atoms with E-state index in [1.165, 1.54) is 0 Å². The second-order valence-corrected chi connectivity index (χ2v) is 3.37. The Morgan fingerprint density at radius 2 is 2.43 bits per heavy atom. The van der Waals surface area contributed by atoms with Crippen LogP contribution in [0.2, 0.25) is 0 Å². The van der Waals surface area contributed by atoms with Crippen molar-refractivity contribution in [2.45, 2.75) is 32.9 Å². The van der Waals surface area contributed by atoms with Crippen LogP contribution in [0.5, 0.6) is 0 Å². The molecule has 1 N–H and O–H groups in total. The van der Waals surface area contributed by atoms with Crippen molar-refractivity contribution >= 4 is 5.95 Å². The van der Waals surface area contributed by atoms with Crippen LogP contribution in [0.25, 0.3) is 0 Å². The van der Waals surface area contributed by atoms with Gasteiger partial charge in [-0.05, 0) is 13.3 Å². The van der Waals surface area contributed by atoms with Gasteiger partial charge in [0.25, 0.3) is 0 Å². The molecule has 14 heavy (non-hydrogen) atoms. The quantitative estimate of drug-likeness (QED) is 0.755. The lowest BCUT2D eigenvalue weighted by Gasteiger charge is -2.12. The molecule has 1 aromatic heterocycles. The van der Waals surface area contributed by atoms with Gasteiger partial charge in [-0.3, -0.25) is 0 Å². The summed E-state index contributed by atoms with van der Waals surface area (Å²) in [5, 5.41) is 3.26. The maximum absolute atomic E-state index is 5.15. The van der Waals surface area contributed by atoms with Crippen LogP contribution in [0.3, 0.4) is 0 Å². The fourth-order valence-corrected chi connectivity index (χ4v) is 1.22. The van der Waals surface area contributed by atoms with Crippen molar-refractivity contribution in [3.8, 4) is 0 Å². The number of nitrogens with zero attached hydrogens (tertiary/aromatic N) is 2. The van der Waals surface area contributed by atoms with Crippen molar-refractivity contribution in [2.24, 2.45) is 0 Å². The number of anilines is 1. The molecule has 0 aliphatic heterocycles. The monoisotopic (exact) mass is 197 g/mol. The number of nitrogens with one attached hydrogen (secondary N) is 1. The predicted molar refractivity (Wildman–Crippen MR) is 57.5 cm³/mol. The number of methoxy groups -OCH3 is 1. The summed E-state index contributed by atoms with van der Waals surface area (Å²) in [4.78, 5) is 4.24. The van der Waals surface area contributed by atoms with Gasteiger partial charge in [-0.25, -0.2) is 4.98 Å². The highest BCUT2D eigenvalue weighted by atomic mass is 16.5. The maximum Gasteiger partial charge on any atom is 0.202 e. The fraction of sp³-hybridized carbons (Fsp3) is 0.700. The van der Waals surface area contributed by atoms with Crippen molar-refractivity contribution in [3.05, 3.63) is 12.4 Å². The third-order valence-corrected chi connectivity index (χ3v) is 2.13. The minimum absolute atomic E-state index is 0.210. The van der Waals surface area contributed by atoms with Crippen LogP contribution in [0.15, 0.2) is 12.4 Å². The van der Waals surface area contributed by atoms with Crippen molar-refractivity contribution in [1.82, 2.24) is 9.55 Å². The zero-order valence-corrected chi connectivity index (χ0v) is 9.16. The molecule has 0 aromatic carbocycles. The van der Waals surface area contributed by atoms with Gasteiger partial charge < -0.3 is 14.6 Å². The fourth-order valence-electron chi connectivity index (χ4n) is 1.22. The molecule has 0 saturated carbocycles. The minimum atomic E-state index is 0.210. The summed E-state index contributed by atoms with van der Waals surface area (Å²) in [6, 6.07) is 0. The predicted octanol–water partition coefficient (Wildman–Crippen LogP) is 1.74. The molecule has 1 atom stereocenters. The molecule has 4 heteroatoms. The molecular formula is C10H19N3O. The van der Waals surface area contributed by atoms with E-state index in [4.69, 9.17) is 4.74 Å². The highest BCUT2D eigenvalue weighted by Crippen LogP contribution is 2.05. The van der Waals surface area contributed by atoms with Crippen LogP contribution in [-0.4, -0.2) is 29.3 Å². The first-order valence-corrected chi connectivity index (χ1v) is 5.05. The van der Waals surface area contributed by atoms with Crippen molar-refractivity contribution < 1.29 is 4.74 Å². The minimum Gasteiger partial charge on any atom is -0.380 e. The van der Waals surface area contributed by atoms with E-state index >= 15 is 0 Å². The largest absolute Gasteiger partial charge is 0.380 e. The van der Waals surface area contributed by atoms with Gasteiger partial charge in [0.05, 0.1) is 6.10 Å². The Balaban J connectivity index is 2.45. The topological polar surface area (TPSA) is 39.1 Å². The molecule has 0 spiro atoms. The van der Waals surface area contributed by atoms with E-state index in [9.17, 15) is 0 Å². The summed E-state index contributed by atoms with van der Waals surface area (Å²) in [6.45, 7) is 5.97. The molecule has 1 aromatic rings. The molecular weight excluding hydrogens is 178 g/mol. The van der Waals surface area contributed by atoms with E-state index in [0.29, 0.717) is 0 Å². The summed E-state index contributed by atoms with van der Waals surface area (Å²) >= 11 is 0. The van der Waals surface area contributed by atoms with Gasteiger partial charge in [-0.15, -0.1) is 0 Å². The highest BCUT2D eigenvalue weighted by molar-refractivity contribution is 5.25. The number of imidazole rings is 1. The van der Waals surface area contributed by atoms with Crippen LogP contribution in [0.1, 0.15) is 20.3 Å². The molecule has 1 rings (SSSR count). The second-order valence-electron chi connectivity index (χ2n) is 3.37. The summed E-state index contributed by atoms with van der Waals surface area (Å²) in [6.07, 6.45) is 5.13. The Hall–Kier alpha value is -1.03. The highest BCUT2D eigenvalue weighted by Gasteiger charge is 2.03. The normalized spacial score (nSPS) is 12.8. The first-order chi connectivity index (χ1) is 6.77. The Bertz CT molecular complexity index is 260. The van der Waals surface area contributed by atoms with Crippen molar-refractivity contribution in [3.63, 3.8) is 0 Å². The van der Waals surface area contributed by atoms with Gasteiger partial charge in [-0.2, -0.15) is 0 Å². The Morgan fingerprint density at radius 1 is 1.64 bits per heavy atom. The second kappa shape index (κ2) is 5.65. The number of aryl methyl sites for hydroxylation is 1. The summed E-state index contributed by atoms with van der Waals surface area (Å²) in [5.41, 5.74) is 0. The molecule has 0 aliphatic carbocycles. The van der Waals surface area contributed by atoms with Gasteiger partial charge in [0, 0.05) is 32.6 Å². The van der Waals surface area contributed by atoms with E-state index in [0.717, 1.165) is 25.5 Å². The number of rotatable bonds is 6. The molecule has 0 radical (unpaired) electrons. The molecule has 0 aliphatic rings. The van der Waals surface area contributed by atoms with Gasteiger partial charge in [0.2, 0.25) is 5.95 Å². The molecule has 80 valence electrons. The Kier molecular flexibility index (Phi) is 4.46. The lowest BCUT2D eigenvalue weighted by Crippen LogP contribution is -2.20. The maximum atomic E-state index is 5.15. The standard InChI is InChI=1S/C10H19N3O/c1-4-6-13-7-5-11-10(13)12-8-9(2)14-3/h5,7,9H,4,6,8H2,1-3H3,(H,11,12). The van der Waals surface area contributed by atoms with Crippen LogP contribution < -0.4 is 5.32 Å². The van der Waals surface area contributed by atoms with Crippen LogP contribution in [0.4, 0.5) is 5.95 Å². The van der Waals surface area contributed by atoms with Crippen molar-refractivity contribution in [1.29, 1.82) is 0 Å². The van der Waals surface area contributed by atoms with Gasteiger partial charge in [-0.1, -0.05) is 6.92 Å². The SMILES string of the molecule is CCCn1ccnc1NCC(C)OC. The molecule has 0 bridgehead atoms. The van der Waals surface area contributed by atoms with Crippen molar-refractivity contribution in [2.75, 3.05) is 19.0 Å². The van der Waals surface area contributed by atoms with E-state index < -0.39 is 0 Å². The molecule has 0 fully saturated rings. The van der Waals surface area contributed by atoms with E-state index in [1.54, 1.807) is 7.11 Å². The molecule has 0 amide bonds. The Labute approximate surface area is 85.3 Å². The van der Waals surface area contributed by atoms with Gasteiger partial charge >= 0.3 is 0 Å². The molecule has 4 nitrogen and oxygen atoms in total.